The quantitative estimate of drug-likeness (QED) is 0.386. The minimum absolute atomic E-state index is 0.787. The highest BCUT2D eigenvalue weighted by atomic mass is 16.3. The van der Waals surface area contributed by atoms with E-state index in [4.69, 9.17) is 10.2 Å². The number of furan rings is 1. The maximum atomic E-state index is 6.16. The van der Waals surface area contributed by atoms with Crippen LogP contribution in [0.2, 0.25) is 0 Å². The average Bonchev–Trinajstić information content (AvgIpc) is 3.00. The summed E-state index contributed by atoms with van der Waals surface area (Å²) >= 11 is 0. The molecule has 4 aromatic carbocycles. The van der Waals surface area contributed by atoms with Gasteiger partial charge < -0.3 is 10.2 Å². The summed E-state index contributed by atoms with van der Waals surface area (Å²) in [4.78, 5) is 0. The van der Waals surface area contributed by atoms with Crippen molar-refractivity contribution in [3.05, 3.63) is 78.9 Å². The predicted molar refractivity (Wildman–Crippen MR) is 101 cm³/mol. The zero-order valence-electron chi connectivity index (χ0n) is 13.0. The maximum Gasteiger partial charge on any atom is 0.143 e. The largest absolute Gasteiger partial charge is 0.455 e. The van der Waals surface area contributed by atoms with E-state index in [-0.39, 0.29) is 0 Å². The normalized spacial score (nSPS) is 11.5. The lowest BCUT2D eigenvalue weighted by Crippen LogP contribution is -1.88. The molecule has 2 N–H and O–H groups in total. The van der Waals surface area contributed by atoms with Gasteiger partial charge in [-0.2, -0.15) is 0 Å². The second-order valence-corrected chi connectivity index (χ2v) is 6.06. The van der Waals surface area contributed by atoms with Crippen LogP contribution >= 0.6 is 0 Å². The van der Waals surface area contributed by atoms with Crippen molar-refractivity contribution in [1.82, 2.24) is 0 Å². The first-order chi connectivity index (χ1) is 11.8. The number of hydrogen-bond donors (Lipinski definition) is 1. The molecular weight excluding hydrogens is 294 g/mol. The van der Waals surface area contributed by atoms with Gasteiger partial charge in [-0.15, -0.1) is 0 Å². The minimum atomic E-state index is 0.787. The van der Waals surface area contributed by atoms with Crippen molar-refractivity contribution < 1.29 is 4.42 Å². The molecule has 2 heteroatoms. The molecule has 0 amide bonds. The van der Waals surface area contributed by atoms with Gasteiger partial charge in [0.1, 0.15) is 11.2 Å². The van der Waals surface area contributed by atoms with Gasteiger partial charge in [0.05, 0.1) is 0 Å². The van der Waals surface area contributed by atoms with Gasteiger partial charge in [0.25, 0.3) is 0 Å². The number of benzene rings is 4. The Bertz CT molecular complexity index is 1220. The summed E-state index contributed by atoms with van der Waals surface area (Å²) in [6, 6.07) is 26.8. The van der Waals surface area contributed by atoms with Crippen LogP contribution in [0.4, 0.5) is 5.69 Å². The number of nitrogen functional groups attached to an aromatic ring is 1. The summed E-state index contributed by atoms with van der Waals surface area (Å²) in [5.41, 5.74) is 10.9. The molecule has 0 saturated heterocycles. The van der Waals surface area contributed by atoms with E-state index in [9.17, 15) is 0 Å². The van der Waals surface area contributed by atoms with Gasteiger partial charge in [-0.25, -0.2) is 0 Å². The topological polar surface area (TPSA) is 39.2 Å². The molecule has 24 heavy (non-hydrogen) atoms. The molecule has 0 aliphatic heterocycles. The summed E-state index contributed by atoms with van der Waals surface area (Å²) in [5.74, 6) is 0. The van der Waals surface area contributed by atoms with Crippen molar-refractivity contribution in [3.63, 3.8) is 0 Å². The van der Waals surface area contributed by atoms with E-state index in [1.165, 1.54) is 5.39 Å². The molecule has 1 aromatic heterocycles. The lowest BCUT2D eigenvalue weighted by Gasteiger charge is -2.05. The molecule has 2 nitrogen and oxygen atoms in total. The van der Waals surface area contributed by atoms with E-state index < -0.39 is 0 Å². The highest BCUT2D eigenvalue weighted by molar-refractivity contribution is 6.15. The molecule has 0 atom stereocenters. The fourth-order valence-electron chi connectivity index (χ4n) is 3.43. The fraction of sp³-hybridized carbons (Fsp3) is 0. The van der Waals surface area contributed by atoms with Crippen LogP contribution in [0.15, 0.2) is 83.3 Å². The lowest BCUT2D eigenvalue weighted by atomic mass is 10.0. The fourth-order valence-corrected chi connectivity index (χ4v) is 3.43. The first-order valence-electron chi connectivity index (χ1n) is 8.00. The molecule has 0 aliphatic rings. The van der Waals surface area contributed by atoms with Crippen LogP contribution in [-0.4, -0.2) is 0 Å². The molecular formula is C22H15NO. The van der Waals surface area contributed by atoms with E-state index in [0.717, 1.165) is 44.1 Å². The molecule has 0 bridgehead atoms. The van der Waals surface area contributed by atoms with Gasteiger partial charge in [-0.1, -0.05) is 54.6 Å². The number of rotatable bonds is 1. The highest BCUT2D eigenvalue weighted by Crippen LogP contribution is 2.36. The van der Waals surface area contributed by atoms with Crippen LogP contribution < -0.4 is 5.73 Å². The summed E-state index contributed by atoms with van der Waals surface area (Å²) in [6.45, 7) is 0. The lowest BCUT2D eigenvalue weighted by molar-refractivity contribution is 0.672. The van der Waals surface area contributed by atoms with Crippen LogP contribution in [0.3, 0.4) is 0 Å². The van der Waals surface area contributed by atoms with Crippen LogP contribution in [0.25, 0.3) is 43.8 Å². The van der Waals surface area contributed by atoms with Crippen molar-refractivity contribution in [3.8, 4) is 11.1 Å². The van der Waals surface area contributed by atoms with Gasteiger partial charge in [0, 0.05) is 27.4 Å². The second kappa shape index (κ2) is 4.87. The number of para-hydroxylation sites is 1. The summed E-state index contributed by atoms with van der Waals surface area (Å²) in [7, 11) is 0. The van der Waals surface area contributed by atoms with Crippen LogP contribution in [-0.2, 0) is 0 Å². The monoisotopic (exact) mass is 309 g/mol. The summed E-state index contributed by atoms with van der Waals surface area (Å²) in [5, 5.41) is 4.60. The molecule has 0 saturated carbocycles. The van der Waals surface area contributed by atoms with Gasteiger partial charge in [-0.05, 0) is 35.2 Å². The number of hydrogen-bond acceptors (Lipinski definition) is 2. The van der Waals surface area contributed by atoms with Gasteiger partial charge in [0.2, 0.25) is 0 Å². The Labute approximate surface area is 139 Å². The summed E-state index contributed by atoms with van der Waals surface area (Å²) in [6.07, 6.45) is 0. The van der Waals surface area contributed by atoms with Gasteiger partial charge in [0.15, 0.2) is 0 Å². The SMILES string of the molecule is Nc1ccccc1-c1ccc2oc3c4ccccc4ccc3c2c1. The maximum absolute atomic E-state index is 6.16. The Hall–Kier alpha value is -3.26. The summed E-state index contributed by atoms with van der Waals surface area (Å²) < 4.78 is 6.16. The Morgan fingerprint density at radius 3 is 2.42 bits per heavy atom. The van der Waals surface area contributed by atoms with E-state index >= 15 is 0 Å². The van der Waals surface area contributed by atoms with E-state index in [2.05, 4.69) is 36.4 Å². The highest BCUT2D eigenvalue weighted by Gasteiger charge is 2.11. The molecule has 0 unspecified atom stereocenters. The molecule has 0 aliphatic carbocycles. The molecule has 0 fully saturated rings. The van der Waals surface area contributed by atoms with E-state index in [1.54, 1.807) is 0 Å². The van der Waals surface area contributed by atoms with Crippen molar-refractivity contribution in [2.45, 2.75) is 0 Å². The average molecular weight is 309 g/mol. The Balaban J connectivity index is 1.85. The Morgan fingerprint density at radius 2 is 1.50 bits per heavy atom. The zero-order chi connectivity index (χ0) is 16.1. The Morgan fingerprint density at radius 1 is 0.667 bits per heavy atom. The smallest absolute Gasteiger partial charge is 0.143 e. The van der Waals surface area contributed by atoms with Crippen LogP contribution in [0.1, 0.15) is 0 Å². The second-order valence-electron chi connectivity index (χ2n) is 6.06. The van der Waals surface area contributed by atoms with Gasteiger partial charge >= 0.3 is 0 Å². The van der Waals surface area contributed by atoms with Crippen molar-refractivity contribution in [2.75, 3.05) is 5.73 Å². The van der Waals surface area contributed by atoms with Crippen molar-refractivity contribution >= 4 is 38.4 Å². The standard InChI is InChI=1S/C22H15NO/c23-20-8-4-3-6-16(20)15-10-12-21-19(13-15)18-11-9-14-5-1-2-7-17(14)22(18)24-21/h1-13H,23H2. The minimum Gasteiger partial charge on any atom is -0.455 e. The first-order valence-corrected chi connectivity index (χ1v) is 8.00. The molecule has 1 heterocycles. The van der Waals surface area contributed by atoms with E-state index in [0.29, 0.717) is 0 Å². The van der Waals surface area contributed by atoms with Crippen molar-refractivity contribution in [1.29, 1.82) is 0 Å². The van der Waals surface area contributed by atoms with E-state index in [1.807, 2.05) is 42.5 Å². The van der Waals surface area contributed by atoms with Crippen molar-refractivity contribution in [2.24, 2.45) is 0 Å². The third-order valence-corrected chi connectivity index (χ3v) is 4.63. The number of anilines is 1. The first kappa shape index (κ1) is 13.2. The Kier molecular flexibility index (Phi) is 2.68. The third-order valence-electron chi connectivity index (χ3n) is 4.63. The molecule has 5 aromatic rings. The zero-order valence-corrected chi connectivity index (χ0v) is 13.0. The van der Waals surface area contributed by atoms with Gasteiger partial charge in [-0.3, -0.25) is 0 Å². The number of nitrogens with two attached hydrogens (primary N) is 1. The van der Waals surface area contributed by atoms with Crippen LogP contribution in [0.5, 0.6) is 0 Å². The molecule has 0 spiro atoms. The molecule has 114 valence electrons. The third kappa shape index (κ3) is 1.83. The molecule has 5 rings (SSSR count). The predicted octanol–water partition coefficient (Wildman–Crippen LogP) is 5.99. The molecule has 0 radical (unpaired) electrons. The van der Waals surface area contributed by atoms with Crippen LogP contribution in [0, 0.1) is 0 Å². The number of fused-ring (bicyclic) bond motifs is 5.